The normalized spacial score (nSPS) is 17.2. The second kappa shape index (κ2) is 7.96. The van der Waals surface area contributed by atoms with Crippen molar-refractivity contribution in [2.24, 2.45) is 0 Å². The minimum atomic E-state index is -0.0373. The van der Waals surface area contributed by atoms with Gasteiger partial charge in [-0.2, -0.15) is 4.98 Å². The SMILES string of the molecule is COc1ccccc1CC(=O)N1CCC[C@@H](Oc2ccnc(C)n2)C1. The first-order chi connectivity index (χ1) is 12.2. The average molecular weight is 341 g/mol. The number of nitrogens with zero attached hydrogens (tertiary/aromatic N) is 3. The molecule has 1 aromatic heterocycles. The fourth-order valence-corrected chi connectivity index (χ4v) is 3.06. The molecule has 6 heteroatoms. The van der Waals surface area contributed by atoms with Gasteiger partial charge in [-0.05, 0) is 25.8 Å². The van der Waals surface area contributed by atoms with E-state index in [1.807, 2.05) is 36.1 Å². The van der Waals surface area contributed by atoms with Gasteiger partial charge >= 0.3 is 0 Å². The first-order valence-corrected chi connectivity index (χ1v) is 8.51. The molecule has 0 radical (unpaired) electrons. The van der Waals surface area contributed by atoms with Gasteiger partial charge in [0.05, 0.1) is 20.1 Å². The Bertz CT molecular complexity index is 735. The number of carbonyl (C=O) groups excluding carboxylic acids is 1. The van der Waals surface area contributed by atoms with E-state index in [0.717, 1.165) is 30.7 Å². The summed E-state index contributed by atoms with van der Waals surface area (Å²) in [5.41, 5.74) is 0.907. The molecule has 0 N–H and O–H groups in total. The van der Waals surface area contributed by atoms with E-state index in [2.05, 4.69) is 9.97 Å². The summed E-state index contributed by atoms with van der Waals surface area (Å²) in [6.45, 7) is 3.17. The number of likely N-dealkylation sites (tertiary alicyclic amines) is 1. The molecule has 25 heavy (non-hydrogen) atoms. The lowest BCUT2D eigenvalue weighted by Gasteiger charge is -2.32. The van der Waals surface area contributed by atoms with Gasteiger partial charge in [-0.3, -0.25) is 4.79 Å². The Balaban J connectivity index is 1.61. The lowest BCUT2D eigenvalue weighted by molar-refractivity contribution is -0.133. The fourth-order valence-electron chi connectivity index (χ4n) is 3.06. The molecular formula is C19H23N3O3. The summed E-state index contributed by atoms with van der Waals surface area (Å²) < 4.78 is 11.3. The molecule has 1 saturated heterocycles. The maximum atomic E-state index is 12.7. The number of rotatable bonds is 5. The number of piperidine rings is 1. The zero-order valence-corrected chi connectivity index (χ0v) is 14.6. The van der Waals surface area contributed by atoms with Crippen LogP contribution in [0.3, 0.4) is 0 Å². The van der Waals surface area contributed by atoms with Crippen LogP contribution in [0.1, 0.15) is 24.2 Å². The summed E-state index contributed by atoms with van der Waals surface area (Å²) in [5, 5.41) is 0. The maximum absolute atomic E-state index is 12.7. The quantitative estimate of drug-likeness (QED) is 0.836. The third-order valence-corrected chi connectivity index (χ3v) is 4.30. The molecule has 2 heterocycles. The van der Waals surface area contributed by atoms with Crippen molar-refractivity contribution in [1.82, 2.24) is 14.9 Å². The lowest BCUT2D eigenvalue weighted by atomic mass is 10.1. The number of hydrogen-bond acceptors (Lipinski definition) is 5. The molecule has 1 aliphatic rings. The molecule has 3 rings (SSSR count). The molecule has 1 aliphatic heterocycles. The van der Waals surface area contributed by atoms with E-state index in [0.29, 0.717) is 24.7 Å². The van der Waals surface area contributed by atoms with Crippen molar-refractivity contribution in [2.75, 3.05) is 20.2 Å². The monoisotopic (exact) mass is 341 g/mol. The Labute approximate surface area is 147 Å². The molecule has 0 saturated carbocycles. The van der Waals surface area contributed by atoms with E-state index in [1.165, 1.54) is 0 Å². The number of benzene rings is 1. The molecule has 1 aromatic carbocycles. The van der Waals surface area contributed by atoms with Crippen molar-refractivity contribution in [3.8, 4) is 11.6 Å². The molecule has 0 aliphatic carbocycles. The van der Waals surface area contributed by atoms with Crippen LogP contribution in [0.2, 0.25) is 0 Å². The number of para-hydroxylation sites is 1. The second-order valence-electron chi connectivity index (χ2n) is 6.15. The third-order valence-electron chi connectivity index (χ3n) is 4.30. The number of aryl methyl sites for hydroxylation is 1. The highest BCUT2D eigenvalue weighted by atomic mass is 16.5. The molecule has 132 valence electrons. The fraction of sp³-hybridized carbons (Fsp3) is 0.421. The summed E-state index contributed by atoms with van der Waals surface area (Å²) >= 11 is 0. The maximum Gasteiger partial charge on any atom is 0.227 e. The average Bonchev–Trinajstić information content (AvgIpc) is 2.62. The lowest BCUT2D eigenvalue weighted by Crippen LogP contribution is -2.45. The van der Waals surface area contributed by atoms with Gasteiger partial charge in [-0.1, -0.05) is 18.2 Å². The van der Waals surface area contributed by atoms with E-state index in [9.17, 15) is 4.79 Å². The molecule has 0 bridgehead atoms. The van der Waals surface area contributed by atoms with Crippen LogP contribution < -0.4 is 9.47 Å². The number of aromatic nitrogens is 2. The van der Waals surface area contributed by atoms with Crippen molar-refractivity contribution in [1.29, 1.82) is 0 Å². The van der Waals surface area contributed by atoms with Gasteiger partial charge in [0.1, 0.15) is 17.7 Å². The number of methoxy groups -OCH3 is 1. The van der Waals surface area contributed by atoms with E-state index < -0.39 is 0 Å². The third kappa shape index (κ3) is 4.47. The van der Waals surface area contributed by atoms with Crippen molar-refractivity contribution in [3.05, 3.63) is 47.9 Å². The van der Waals surface area contributed by atoms with E-state index in [1.54, 1.807) is 19.4 Å². The Morgan fingerprint density at radius 3 is 2.96 bits per heavy atom. The smallest absolute Gasteiger partial charge is 0.227 e. The van der Waals surface area contributed by atoms with Gasteiger partial charge in [0.15, 0.2) is 0 Å². The van der Waals surface area contributed by atoms with Crippen LogP contribution in [0.5, 0.6) is 11.6 Å². The molecule has 0 unspecified atom stereocenters. The predicted molar refractivity (Wildman–Crippen MR) is 93.7 cm³/mol. The molecular weight excluding hydrogens is 318 g/mol. The first kappa shape index (κ1) is 17.2. The van der Waals surface area contributed by atoms with Gasteiger partial charge in [-0.15, -0.1) is 0 Å². The molecule has 1 amide bonds. The van der Waals surface area contributed by atoms with Crippen molar-refractivity contribution >= 4 is 5.91 Å². The van der Waals surface area contributed by atoms with Gasteiger partial charge in [0.25, 0.3) is 0 Å². The molecule has 2 aromatic rings. The Morgan fingerprint density at radius 2 is 2.16 bits per heavy atom. The summed E-state index contributed by atoms with van der Waals surface area (Å²) in [6.07, 6.45) is 3.83. The second-order valence-corrected chi connectivity index (χ2v) is 6.15. The van der Waals surface area contributed by atoms with Crippen LogP contribution in [-0.2, 0) is 11.2 Å². The van der Waals surface area contributed by atoms with Crippen LogP contribution in [0.15, 0.2) is 36.5 Å². The van der Waals surface area contributed by atoms with Gasteiger partial charge in [0, 0.05) is 24.4 Å². The summed E-state index contributed by atoms with van der Waals surface area (Å²) in [7, 11) is 1.62. The Hall–Kier alpha value is -2.63. The van der Waals surface area contributed by atoms with Crippen LogP contribution >= 0.6 is 0 Å². The Kier molecular flexibility index (Phi) is 5.48. The number of amides is 1. The molecule has 6 nitrogen and oxygen atoms in total. The molecule has 0 spiro atoms. The molecule has 1 fully saturated rings. The topological polar surface area (TPSA) is 64.5 Å². The minimum absolute atomic E-state index is 0.0373. The van der Waals surface area contributed by atoms with Crippen molar-refractivity contribution in [2.45, 2.75) is 32.3 Å². The van der Waals surface area contributed by atoms with Crippen LogP contribution in [0, 0.1) is 6.92 Å². The van der Waals surface area contributed by atoms with Crippen molar-refractivity contribution < 1.29 is 14.3 Å². The number of carbonyl (C=O) groups is 1. The van der Waals surface area contributed by atoms with Crippen LogP contribution in [-0.4, -0.2) is 47.1 Å². The van der Waals surface area contributed by atoms with Gasteiger partial charge in [-0.25, -0.2) is 4.98 Å². The predicted octanol–water partition coefficient (Wildman–Crippen LogP) is 2.41. The standard InChI is InChI=1S/C19H23N3O3/c1-14-20-10-9-18(21-14)25-16-7-5-11-22(13-16)19(23)12-15-6-3-4-8-17(15)24-2/h3-4,6,8-10,16H,5,7,11-13H2,1-2H3/t16-/m1/s1. The van der Waals surface area contributed by atoms with E-state index in [4.69, 9.17) is 9.47 Å². The summed E-state index contributed by atoms with van der Waals surface area (Å²) in [5.74, 6) is 2.09. The van der Waals surface area contributed by atoms with Gasteiger partial charge < -0.3 is 14.4 Å². The van der Waals surface area contributed by atoms with Crippen molar-refractivity contribution in [3.63, 3.8) is 0 Å². The minimum Gasteiger partial charge on any atom is -0.496 e. The number of hydrogen-bond donors (Lipinski definition) is 0. The Morgan fingerprint density at radius 1 is 1.32 bits per heavy atom. The highest BCUT2D eigenvalue weighted by molar-refractivity contribution is 5.79. The highest BCUT2D eigenvalue weighted by Crippen LogP contribution is 2.21. The van der Waals surface area contributed by atoms with Crippen LogP contribution in [0.4, 0.5) is 0 Å². The highest BCUT2D eigenvalue weighted by Gasteiger charge is 2.25. The van der Waals surface area contributed by atoms with E-state index in [-0.39, 0.29) is 12.0 Å². The van der Waals surface area contributed by atoms with Crippen LogP contribution in [0.25, 0.3) is 0 Å². The largest absolute Gasteiger partial charge is 0.496 e. The zero-order chi connectivity index (χ0) is 17.6. The zero-order valence-electron chi connectivity index (χ0n) is 14.6. The first-order valence-electron chi connectivity index (χ1n) is 8.51. The number of ether oxygens (including phenoxy) is 2. The van der Waals surface area contributed by atoms with Gasteiger partial charge in [0.2, 0.25) is 11.8 Å². The van der Waals surface area contributed by atoms with E-state index >= 15 is 0 Å². The molecule has 1 atom stereocenters. The summed E-state index contributed by atoms with van der Waals surface area (Å²) in [4.78, 5) is 22.9. The summed E-state index contributed by atoms with van der Waals surface area (Å²) in [6, 6.07) is 9.38.